The van der Waals surface area contributed by atoms with Gasteiger partial charge in [-0.2, -0.15) is 0 Å². The number of carbonyl (C=O) groups is 2. The van der Waals surface area contributed by atoms with Crippen molar-refractivity contribution in [2.45, 2.75) is 13.3 Å². The third-order valence-electron chi connectivity index (χ3n) is 5.33. The van der Waals surface area contributed by atoms with Gasteiger partial charge in [-0.05, 0) is 36.6 Å². The summed E-state index contributed by atoms with van der Waals surface area (Å²) in [5.41, 5.74) is 3.15. The highest BCUT2D eigenvalue weighted by Crippen LogP contribution is 2.20. The number of rotatable bonds is 8. The first-order valence-electron chi connectivity index (χ1n) is 10.3. The molecule has 0 aliphatic carbocycles. The number of aryl methyl sites for hydroxylation is 1. The molecule has 160 valence electrons. The molecule has 7 heteroatoms. The van der Waals surface area contributed by atoms with Gasteiger partial charge in [0.25, 0.3) is 0 Å². The van der Waals surface area contributed by atoms with Gasteiger partial charge in [0.15, 0.2) is 0 Å². The van der Waals surface area contributed by atoms with E-state index in [0.29, 0.717) is 30.3 Å². The highest BCUT2D eigenvalue weighted by molar-refractivity contribution is 6.33. The summed E-state index contributed by atoms with van der Waals surface area (Å²) in [6, 6.07) is 15.4. The van der Waals surface area contributed by atoms with E-state index in [0.717, 1.165) is 32.6 Å². The molecule has 0 bridgehead atoms. The molecule has 0 spiro atoms. The third-order valence-corrected chi connectivity index (χ3v) is 5.65. The molecule has 3 rings (SSSR count). The first-order chi connectivity index (χ1) is 14.5. The topological polar surface area (TPSA) is 64.7 Å². The fourth-order valence-corrected chi connectivity index (χ4v) is 3.73. The van der Waals surface area contributed by atoms with Crippen LogP contribution in [0, 0.1) is 6.92 Å². The lowest BCUT2D eigenvalue weighted by Crippen LogP contribution is -2.51. The molecule has 0 radical (unpaired) electrons. The highest BCUT2D eigenvalue weighted by atomic mass is 35.5. The Labute approximate surface area is 183 Å². The van der Waals surface area contributed by atoms with E-state index in [4.69, 9.17) is 11.6 Å². The maximum absolute atomic E-state index is 12.3. The molecule has 1 saturated heterocycles. The van der Waals surface area contributed by atoms with E-state index in [-0.39, 0.29) is 11.8 Å². The molecule has 2 aromatic carbocycles. The largest absolute Gasteiger partial charge is 0.355 e. The smallest absolute Gasteiger partial charge is 0.238 e. The first-order valence-corrected chi connectivity index (χ1v) is 10.7. The van der Waals surface area contributed by atoms with Gasteiger partial charge in [0.2, 0.25) is 11.8 Å². The van der Waals surface area contributed by atoms with Gasteiger partial charge in [0.1, 0.15) is 0 Å². The Morgan fingerprint density at radius 1 is 0.900 bits per heavy atom. The second-order valence-electron chi connectivity index (χ2n) is 7.61. The lowest BCUT2D eigenvalue weighted by molar-refractivity contribution is -0.123. The summed E-state index contributed by atoms with van der Waals surface area (Å²) in [5, 5.41) is 6.39. The number of nitrogens with one attached hydrogen (secondary N) is 2. The van der Waals surface area contributed by atoms with Crippen LogP contribution in [0.2, 0.25) is 5.02 Å². The second-order valence-corrected chi connectivity index (χ2v) is 8.01. The van der Waals surface area contributed by atoms with E-state index in [1.165, 1.54) is 11.1 Å². The minimum Gasteiger partial charge on any atom is -0.355 e. The van der Waals surface area contributed by atoms with Crippen LogP contribution >= 0.6 is 11.6 Å². The van der Waals surface area contributed by atoms with Crippen molar-refractivity contribution in [2.24, 2.45) is 0 Å². The molecular formula is C23H29ClN4O2. The van der Waals surface area contributed by atoms with Crippen LogP contribution in [0.15, 0.2) is 48.5 Å². The zero-order valence-corrected chi connectivity index (χ0v) is 18.1. The molecule has 2 N–H and O–H groups in total. The van der Waals surface area contributed by atoms with E-state index in [1.807, 2.05) is 24.3 Å². The molecule has 30 heavy (non-hydrogen) atoms. The Morgan fingerprint density at radius 3 is 2.17 bits per heavy atom. The number of nitrogens with zero attached hydrogens (tertiary/aromatic N) is 2. The Morgan fingerprint density at radius 2 is 1.50 bits per heavy atom. The number of piperazine rings is 1. The van der Waals surface area contributed by atoms with Crippen molar-refractivity contribution in [3.63, 3.8) is 0 Å². The molecule has 0 aromatic heterocycles. The molecule has 0 atom stereocenters. The third kappa shape index (κ3) is 6.83. The lowest BCUT2D eigenvalue weighted by atomic mass is 10.1. The maximum atomic E-state index is 12.3. The van der Waals surface area contributed by atoms with E-state index in [9.17, 15) is 9.59 Å². The van der Waals surface area contributed by atoms with Crippen LogP contribution in [0.1, 0.15) is 11.1 Å². The molecular weight excluding hydrogens is 400 g/mol. The summed E-state index contributed by atoms with van der Waals surface area (Å²) in [4.78, 5) is 28.7. The minimum atomic E-state index is -0.0782. The molecule has 0 unspecified atom stereocenters. The zero-order valence-electron chi connectivity index (χ0n) is 17.4. The quantitative estimate of drug-likeness (QED) is 0.678. The molecule has 0 saturated carbocycles. The van der Waals surface area contributed by atoms with Gasteiger partial charge in [-0.3, -0.25) is 19.4 Å². The fourth-order valence-electron chi connectivity index (χ4n) is 3.55. The van der Waals surface area contributed by atoms with E-state index in [2.05, 4.69) is 39.5 Å². The first kappa shape index (κ1) is 22.3. The van der Waals surface area contributed by atoms with Crippen molar-refractivity contribution in [2.75, 3.05) is 51.1 Å². The van der Waals surface area contributed by atoms with Crippen LogP contribution in [0.5, 0.6) is 0 Å². The van der Waals surface area contributed by atoms with Crippen LogP contribution in [0.25, 0.3) is 0 Å². The summed E-state index contributed by atoms with van der Waals surface area (Å²) in [6.07, 6.45) is 0.840. The van der Waals surface area contributed by atoms with Crippen molar-refractivity contribution < 1.29 is 9.59 Å². The molecule has 1 fully saturated rings. The molecule has 2 amide bonds. The summed E-state index contributed by atoms with van der Waals surface area (Å²) in [6.45, 7) is 6.50. The predicted molar refractivity (Wildman–Crippen MR) is 121 cm³/mol. The number of hydrogen-bond acceptors (Lipinski definition) is 4. The SMILES string of the molecule is Cc1ccccc1CCNC(=O)CN1CCN(CC(=O)Nc2ccccc2Cl)CC1. The molecule has 6 nitrogen and oxygen atoms in total. The summed E-state index contributed by atoms with van der Waals surface area (Å²) in [7, 11) is 0. The Bertz CT molecular complexity index is 866. The van der Waals surface area contributed by atoms with Crippen molar-refractivity contribution in [1.82, 2.24) is 15.1 Å². The zero-order chi connectivity index (χ0) is 21.3. The van der Waals surface area contributed by atoms with E-state index >= 15 is 0 Å². The number of benzene rings is 2. The number of para-hydroxylation sites is 1. The average molecular weight is 429 g/mol. The highest BCUT2D eigenvalue weighted by Gasteiger charge is 2.20. The Hall–Kier alpha value is -2.41. The number of anilines is 1. The standard InChI is InChI=1S/C23H29ClN4O2/c1-18-6-2-3-7-19(18)10-11-25-22(29)16-27-12-14-28(15-13-27)17-23(30)26-21-9-5-4-8-20(21)24/h2-9H,10-17H2,1H3,(H,25,29)(H,26,30). The molecule has 1 aliphatic rings. The Balaban J connectivity index is 1.33. The van der Waals surface area contributed by atoms with Crippen molar-refractivity contribution in [1.29, 1.82) is 0 Å². The molecule has 1 heterocycles. The Kier molecular flexibility index (Phi) is 8.25. The van der Waals surface area contributed by atoms with Gasteiger partial charge < -0.3 is 10.6 Å². The average Bonchev–Trinajstić information content (AvgIpc) is 2.73. The summed E-state index contributed by atoms with van der Waals surface area (Å²) >= 11 is 6.08. The van der Waals surface area contributed by atoms with Crippen molar-refractivity contribution in [3.8, 4) is 0 Å². The van der Waals surface area contributed by atoms with Gasteiger partial charge >= 0.3 is 0 Å². The fraction of sp³-hybridized carbons (Fsp3) is 0.391. The van der Waals surface area contributed by atoms with E-state index in [1.54, 1.807) is 12.1 Å². The molecule has 2 aromatic rings. The second kappa shape index (κ2) is 11.1. The van der Waals surface area contributed by atoms with Crippen LogP contribution < -0.4 is 10.6 Å². The summed E-state index contributed by atoms with van der Waals surface area (Å²) in [5.74, 6) is -0.0287. The van der Waals surface area contributed by atoms with Crippen LogP contribution in [-0.2, 0) is 16.0 Å². The molecule has 1 aliphatic heterocycles. The van der Waals surface area contributed by atoms with Crippen molar-refractivity contribution in [3.05, 3.63) is 64.7 Å². The van der Waals surface area contributed by atoms with Crippen molar-refractivity contribution >= 4 is 29.1 Å². The normalized spacial score (nSPS) is 15.0. The number of hydrogen-bond donors (Lipinski definition) is 2. The number of amides is 2. The monoisotopic (exact) mass is 428 g/mol. The van der Waals surface area contributed by atoms with Gasteiger partial charge in [0, 0.05) is 32.7 Å². The van der Waals surface area contributed by atoms with Crippen LogP contribution in [0.3, 0.4) is 0 Å². The summed E-state index contributed by atoms with van der Waals surface area (Å²) < 4.78 is 0. The van der Waals surface area contributed by atoms with Crippen LogP contribution in [0.4, 0.5) is 5.69 Å². The number of carbonyl (C=O) groups excluding carboxylic acids is 2. The minimum absolute atomic E-state index is 0.0495. The van der Waals surface area contributed by atoms with Gasteiger partial charge in [-0.15, -0.1) is 0 Å². The lowest BCUT2D eigenvalue weighted by Gasteiger charge is -2.33. The maximum Gasteiger partial charge on any atom is 0.238 e. The van der Waals surface area contributed by atoms with E-state index < -0.39 is 0 Å². The number of halogens is 1. The van der Waals surface area contributed by atoms with Crippen LogP contribution in [-0.4, -0.2) is 67.4 Å². The van der Waals surface area contributed by atoms with Gasteiger partial charge in [0.05, 0.1) is 23.8 Å². The predicted octanol–water partition coefficient (Wildman–Crippen LogP) is 2.56. The van der Waals surface area contributed by atoms with Gasteiger partial charge in [-0.1, -0.05) is 48.0 Å². The van der Waals surface area contributed by atoms with Gasteiger partial charge in [-0.25, -0.2) is 0 Å².